The largest absolute Gasteiger partial charge is 0.355 e. The molecule has 0 spiro atoms. The van der Waals surface area contributed by atoms with Crippen LogP contribution < -0.4 is 10.6 Å². The molecule has 1 aromatic carbocycles. The predicted molar refractivity (Wildman–Crippen MR) is 94.7 cm³/mol. The molecule has 0 saturated carbocycles. The van der Waals surface area contributed by atoms with Gasteiger partial charge < -0.3 is 15.5 Å². The quantitative estimate of drug-likeness (QED) is 0.837. The Bertz CT molecular complexity index is 587. The lowest BCUT2D eigenvalue weighted by Gasteiger charge is -2.29. The van der Waals surface area contributed by atoms with Crippen molar-refractivity contribution in [2.75, 3.05) is 32.5 Å². The molecule has 2 amide bonds. The Morgan fingerprint density at radius 1 is 1.35 bits per heavy atom. The summed E-state index contributed by atoms with van der Waals surface area (Å²) in [6, 6.07) is 7.66. The van der Waals surface area contributed by atoms with Crippen LogP contribution >= 0.6 is 11.8 Å². The molecule has 6 heteroatoms. The summed E-state index contributed by atoms with van der Waals surface area (Å²) in [5.41, 5.74) is 0.819. The van der Waals surface area contributed by atoms with Gasteiger partial charge in [0.15, 0.2) is 0 Å². The fraction of sp³-hybridized carbons (Fsp3) is 0.529. The number of carbonyl (C=O) groups excluding carboxylic acids is 2. The molecular weight excluding hydrogens is 310 g/mol. The van der Waals surface area contributed by atoms with Crippen LogP contribution in [-0.4, -0.2) is 49.1 Å². The molecule has 0 aromatic heterocycles. The standard InChI is InChI=1S/C17H25N3O2S/c1-17(2,11-20(3)4)10-18-15(21)9-14-16(22)19-12-7-5-6-8-13(12)23-14/h5-8,14H,9-11H2,1-4H3,(H,18,21)(H,19,22)/t14-/m1/s1. The van der Waals surface area contributed by atoms with Crippen molar-refractivity contribution in [2.45, 2.75) is 30.4 Å². The van der Waals surface area contributed by atoms with Crippen LogP contribution in [0.15, 0.2) is 29.2 Å². The molecule has 0 radical (unpaired) electrons. The minimum absolute atomic E-state index is 0.00622. The number of amides is 2. The molecule has 0 aliphatic carbocycles. The number of fused-ring (bicyclic) bond motifs is 1. The summed E-state index contributed by atoms with van der Waals surface area (Å²) in [4.78, 5) is 27.4. The lowest BCUT2D eigenvalue weighted by molar-refractivity contribution is -0.124. The fourth-order valence-corrected chi connectivity index (χ4v) is 3.83. The minimum Gasteiger partial charge on any atom is -0.355 e. The number of para-hydroxylation sites is 1. The molecule has 126 valence electrons. The zero-order valence-corrected chi connectivity index (χ0v) is 15.0. The van der Waals surface area contributed by atoms with Crippen LogP contribution in [0.3, 0.4) is 0 Å². The molecule has 23 heavy (non-hydrogen) atoms. The Hall–Kier alpha value is -1.53. The van der Waals surface area contributed by atoms with Crippen LogP contribution in [0.5, 0.6) is 0 Å². The van der Waals surface area contributed by atoms with Crippen molar-refractivity contribution in [3.63, 3.8) is 0 Å². The first-order valence-electron chi connectivity index (χ1n) is 7.75. The Balaban J connectivity index is 1.87. The predicted octanol–water partition coefficient (Wildman–Crippen LogP) is 2.19. The van der Waals surface area contributed by atoms with Gasteiger partial charge in [-0.2, -0.15) is 0 Å². The summed E-state index contributed by atoms with van der Waals surface area (Å²) < 4.78 is 0. The first-order valence-corrected chi connectivity index (χ1v) is 8.63. The molecule has 1 aliphatic heterocycles. The van der Waals surface area contributed by atoms with Crippen molar-refractivity contribution in [1.82, 2.24) is 10.2 Å². The number of thioether (sulfide) groups is 1. The van der Waals surface area contributed by atoms with Gasteiger partial charge in [0.25, 0.3) is 0 Å². The van der Waals surface area contributed by atoms with Gasteiger partial charge in [-0.15, -0.1) is 11.8 Å². The number of benzene rings is 1. The van der Waals surface area contributed by atoms with Crippen LogP contribution in [0, 0.1) is 5.41 Å². The molecule has 5 nitrogen and oxygen atoms in total. The summed E-state index contributed by atoms with van der Waals surface area (Å²) in [7, 11) is 4.04. The van der Waals surface area contributed by atoms with E-state index in [1.165, 1.54) is 11.8 Å². The molecule has 1 heterocycles. The second-order valence-electron chi connectivity index (χ2n) is 6.97. The fourth-order valence-electron chi connectivity index (χ4n) is 2.72. The molecule has 1 aliphatic rings. The van der Waals surface area contributed by atoms with Crippen LogP contribution in [0.1, 0.15) is 20.3 Å². The molecule has 2 rings (SSSR count). The first-order chi connectivity index (χ1) is 10.8. The number of nitrogens with one attached hydrogen (secondary N) is 2. The van der Waals surface area contributed by atoms with Crippen molar-refractivity contribution < 1.29 is 9.59 Å². The van der Waals surface area contributed by atoms with Gasteiger partial charge in [-0.3, -0.25) is 9.59 Å². The molecular formula is C17H25N3O2S. The minimum atomic E-state index is -0.373. The monoisotopic (exact) mass is 335 g/mol. The number of hydrogen-bond donors (Lipinski definition) is 2. The molecule has 0 bridgehead atoms. The zero-order chi connectivity index (χ0) is 17.0. The Kier molecular flexibility index (Phi) is 5.70. The molecule has 0 saturated heterocycles. The summed E-state index contributed by atoms with van der Waals surface area (Å²) in [5.74, 6) is -0.180. The zero-order valence-electron chi connectivity index (χ0n) is 14.2. The van der Waals surface area contributed by atoms with E-state index in [4.69, 9.17) is 0 Å². The third-order valence-corrected chi connectivity index (χ3v) is 4.86. The summed E-state index contributed by atoms with van der Waals surface area (Å²) in [6.07, 6.45) is 0.197. The maximum atomic E-state index is 12.2. The van der Waals surface area contributed by atoms with Gasteiger partial charge in [0.05, 0.1) is 10.9 Å². The van der Waals surface area contributed by atoms with Gasteiger partial charge in [-0.1, -0.05) is 26.0 Å². The Labute approximate surface area is 142 Å². The molecule has 0 fully saturated rings. The van der Waals surface area contributed by atoms with E-state index in [2.05, 4.69) is 29.4 Å². The number of carbonyl (C=O) groups is 2. The third-order valence-electron chi connectivity index (χ3n) is 3.59. The van der Waals surface area contributed by atoms with Gasteiger partial charge in [-0.05, 0) is 31.6 Å². The first kappa shape index (κ1) is 17.8. The molecule has 2 N–H and O–H groups in total. The summed E-state index contributed by atoms with van der Waals surface area (Å²) in [6.45, 7) is 5.72. The van der Waals surface area contributed by atoms with E-state index in [0.29, 0.717) is 6.54 Å². The highest BCUT2D eigenvalue weighted by Gasteiger charge is 2.29. The van der Waals surface area contributed by atoms with Crippen LogP contribution in [-0.2, 0) is 9.59 Å². The smallest absolute Gasteiger partial charge is 0.238 e. The molecule has 1 aromatic rings. The van der Waals surface area contributed by atoms with Gasteiger partial charge >= 0.3 is 0 Å². The van der Waals surface area contributed by atoms with Crippen molar-refractivity contribution in [3.8, 4) is 0 Å². The maximum absolute atomic E-state index is 12.2. The van der Waals surface area contributed by atoms with Crippen molar-refractivity contribution >= 4 is 29.3 Å². The van der Waals surface area contributed by atoms with E-state index in [1.807, 2.05) is 38.4 Å². The Morgan fingerprint density at radius 3 is 2.74 bits per heavy atom. The highest BCUT2D eigenvalue weighted by atomic mass is 32.2. The van der Waals surface area contributed by atoms with Crippen molar-refractivity contribution in [3.05, 3.63) is 24.3 Å². The van der Waals surface area contributed by atoms with E-state index < -0.39 is 0 Å². The topological polar surface area (TPSA) is 61.4 Å². The Morgan fingerprint density at radius 2 is 2.04 bits per heavy atom. The van der Waals surface area contributed by atoms with Gasteiger partial charge in [0.2, 0.25) is 11.8 Å². The molecule has 0 unspecified atom stereocenters. The van der Waals surface area contributed by atoms with E-state index >= 15 is 0 Å². The summed E-state index contributed by atoms with van der Waals surface area (Å²) in [5, 5.41) is 5.46. The van der Waals surface area contributed by atoms with E-state index in [9.17, 15) is 9.59 Å². The number of nitrogens with zero attached hydrogens (tertiary/aromatic N) is 1. The highest BCUT2D eigenvalue weighted by molar-refractivity contribution is 8.01. The lowest BCUT2D eigenvalue weighted by atomic mass is 9.93. The maximum Gasteiger partial charge on any atom is 0.238 e. The average molecular weight is 335 g/mol. The number of hydrogen-bond acceptors (Lipinski definition) is 4. The van der Waals surface area contributed by atoms with Crippen LogP contribution in [0.25, 0.3) is 0 Å². The third kappa shape index (κ3) is 5.25. The second kappa shape index (κ2) is 7.36. The highest BCUT2D eigenvalue weighted by Crippen LogP contribution is 2.36. The average Bonchev–Trinajstić information content (AvgIpc) is 2.45. The lowest BCUT2D eigenvalue weighted by Crippen LogP contribution is -2.41. The van der Waals surface area contributed by atoms with Crippen LogP contribution in [0.4, 0.5) is 5.69 Å². The van der Waals surface area contributed by atoms with E-state index in [-0.39, 0.29) is 28.9 Å². The van der Waals surface area contributed by atoms with Gasteiger partial charge in [0, 0.05) is 24.4 Å². The van der Waals surface area contributed by atoms with E-state index in [1.54, 1.807) is 0 Å². The van der Waals surface area contributed by atoms with Crippen molar-refractivity contribution in [1.29, 1.82) is 0 Å². The van der Waals surface area contributed by atoms with Gasteiger partial charge in [0.1, 0.15) is 0 Å². The molecule has 1 atom stereocenters. The second-order valence-corrected chi connectivity index (χ2v) is 8.22. The number of anilines is 1. The van der Waals surface area contributed by atoms with Crippen molar-refractivity contribution in [2.24, 2.45) is 5.41 Å². The van der Waals surface area contributed by atoms with Crippen LogP contribution in [0.2, 0.25) is 0 Å². The summed E-state index contributed by atoms with van der Waals surface area (Å²) >= 11 is 1.46. The normalized spacial score (nSPS) is 17.6. The van der Waals surface area contributed by atoms with Gasteiger partial charge in [-0.25, -0.2) is 0 Å². The van der Waals surface area contributed by atoms with E-state index in [0.717, 1.165) is 17.1 Å². The SMILES string of the molecule is CN(C)CC(C)(C)CNC(=O)C[C@H]1Sc2ccccc2NC1=O. The number of rotatable bonds is 6.